The Bertz CT molecular complexity index is 539. The van der Waals surface area contributed by atoms with Gasteiger partial charge in [-0.15, -0.1) is 0 Å². The Morgan fingerprint density at radius 3 is 2.95 bits per heavy atom. The van der Waals surface area contributed by atoms with E-state index >= 15 is 0 Å². The number of nitrogens with zero attached hydrogens (tertiary/aromatic N) is 2. The molecule has 1 saturated carbocycles. The van der Waals surface area contributed by atoms with Crippen LogP contribution in [-0.4, -0.2) is 40.1 Å². The largest absolute Gasteiger partial charge is 0.393 e. The number of fused-ring (bicyclic) bond motifs is 1. The van der Waals surface area contributed by atoms with Gasteiger partial charge in [-0.3, -0.25) is 4.79 Å². The van der Waals surface area contributed by atoms with E-state index in [0.717, 1.165) is 12.8 Å². The van der Waals surface area contributed by atoms with Crippen LogP contribution in [-0.2, 0) is 0 Å². The van der Waals surface area contributed by atoms with Gasteiger partial charge in [0.1, 0.15) is 0 Å². The van der Waals surface area contributed by atoms with Crippen molar-refractivity contribution in [3.63, 3.8) is 0 Å². The van der Waals surface area contributed by atoms with E-state index in [9.17, 15) is 9.90 Å². The third kappa shape index (κ3) is 2.24. The minimum Gasteiger partial charge on any atom is -0.393 e. The Kier molecular flexibility index (Phi) is 3.54. The number of carbonyl (C=O) groups excluding carboxylic acids is 1. The lowest BCUT2D eigenvalue weighted by atomic mass is 10.00. The van der Waals surface area contributed by atoms with E-state index in [2.05, 4.69) is 10.4 Å². The topological polar surface area (TPSA) is 91.5 Å². The van der Waals surface area contributed by atoms with Crippen LogP contribution in [0.3, 0.4) is 0 Å². The zero-order valence-corrected chi connectivity index (χ0v) is 11.7. The molecule has 0 aromatic carbocycles. The summed E-state index contributed by atoms with van der Waals surface area (Å²) in [7, 11) is 0. The first-order valence-corrected chi connectivity index (χ1v) is 7.07. The smallest absolute Gasteiger partial charge is 0.255 e. The van der Waals surface area contributed by atoms with Crippen LogP contribution in [0.15, 0.2) is 12.3 Å². The summed E-state index contributed by atoms with van der Waals surface area (Å²) in [6.45, 7) is 1.31. The summed E-state index contributed by atoms with van der Waals surface area (Å²) in [5.41, 5.74) is 2.82. The molecule has 0 spiro atoms. The molecular formula is C13H17ClN4O2. The molecule has 6 nitrogen and oxygen atoms in total. The van der Waals surface area contributed by atoms with Gasteiger partial charge in [0.05, 0.1) is 16.7 Å². The molecule has 2 heterocycles. The lowest BCUT2D eigenvalue weighted by Gasteiger charge is -2.18. The molecule has 108 valence electrons. The van der Waals surface area contributed by atoms with Crippen LogP contribution in [0.2, 0.25) is 5.02 Å². The zero-order valence-electron chi connectivity index (χ0n) is 10.9. The van der Waals surface area contributed by atoms with Crippen LogP contribution in [0.25, 0.3) is 0 Å². The maximum absolute atomic E-state index is 12.4. The van der Waals surface area contributed by atoms with Crippen molar-refractivity contribution in [2.75, 3.05) is 18.5 Å². The van der Waals surface area contributed by atoms with E-state index in [1.165, 1.54) is 6.20 Å². The fourth-order valence-electron chi connectivity index (χ4n) is 3.25. The molecule has 2 aliphatic rings. The van der Waals surface area contributed by atoms with Crippen molar-refractivity contribution in [3.05, 3.63) is 22.8 Å². The number of hydrogen-bond donors (Lipinski definition) is 3. The Morgan fingerprint density at radius 2 is 2.30 bits per heavy atom. The van der Waals surface area contributed by atoms with Gasteiger partial charge in [0.2, 0.25) is 0 Å². The third-order valence-corrected chi connectivity index (χ3v) is 4.62. The van der Waals surface area contributed by atoms with Crippen LogP contribution in [0.4, 0.5) is 5.82 Å². The second-order valence-corrected chi connectivity index (χ2v) is 5.88. The fourth-order valence-corrected chi connectivity index (χ4v) is 3.47. The summed E-state index contributed by atoms with van der Waals surface area (Å²) in [6, 6.07) is 1.57. The summed E-state index contributed by atoms with van der Waals surface area (Å²) in [4.78, 5) is 18.2. The van der Waals surface area contributed by atoms with Crippen molar-refractivity contribution >= 4 is 23.3 Å². The van der Waals surface area contributed by atoms with Crippen molar-refractivity contribution < 1.29 is 9.90 Å². The first kappa shape index (κ1) is 13.6. The average molecular weight is 297 g/mol. The second kappa shape index (κ2) is 5.20. The van der Waals surface area contributed by atoms with E-state index < -0.39 is 0 Å². The molecule has 0 bridgehead atoms. The SMILES string of the molecule is NNc1ncc(C(=O)N2CC3CCC(O)C3C2)cc1Cl. The highest BCUT2D eigenvalue weighted by Gasteiger charge is 2.43. The highest BCUT2D eigenvalue weighted by molar-refractivity contribution is 6.33. The summed E-state index contributed by atoms with van der Waals surface area (Å²) < 4.78 is 0. The quantitative estimate of drug-likeness (QED) is 0.556. The van der Waals surface area contributed by atoms with Gasteiger partial charge in [0, 0.05) is 25.2 Å². The van der Waals surface area contributed by atoms with Crippen molar-refractivity contribution in [2.24, 2.45) is 17.7 Å². The molecule has 1 amide bonds. The molecule has 1 aliphatic heterocycles. The molecule has 0 radical (unpaired) electrons. The Balaban J connectivity index is 1.75. The number of nitrogen functional groups attached to an aromatic ring is 1. The number of rotatable bonds is 2. The summed E-state index contributed by atoms with van der Waals surface area (Å²) >= 11 is 5.98. The summed E-state index contributed by atoms with van der Waals surface area (Å²) in [5, 5.41) is 10.2. The van der Waals surface area contributed by atoms with Crippen LogP contribution < -0.4 is 11.3 Å². The van der Waals surface area contributed by atoms with Gasteiger partial charge in [0.15, 0.2) is 5.82 Å². The van der Waals surface area contributed by atoms with Crippen molar-refractivity contribution in [1.29, 1.82) is 0 Å². The van der Waals surface area contributed by atoms with Gasteiger partial charge in [0.25, 0.3) is 5.91 Å². The Labute approximate surface area is 121 Å². The predicted molar refractivity (Wildman–Crippen MR) is 75.2 cm³/mol. The van der Waals surface area contributed by atoms with E-state index in [-0.39, 0.29) is 17.9 Å². The summed E-state index contributed by atoms with van der Waals surface area (Å²) in [5.74, 6) is 6.14. The maximum Gasteiger partial charge on any atom is 0.255 e. The number of hydrogen-bond acceptors (Lipinski definition) is 5. The number of anilines is 1. The highest BCUT2D eigenvalue weighted by atomic mass is 35.5. The molecule has 1 saturated heterocycles. The van der Waals surface area contributed by atoms with Gasteiger partial charge in [-0.25, -0.2) is 10.8 Å². The van der Waals surface area contributed by atoms with Gasteiger partial charge in [-0.1, -0.05) is 11.6 Å². The fraction of sp³-hybridized carbons (Fsp3) is 0.538. The molecule has 1 aliphatic carbocycles. The Hall–Kier alpha value is -1.37. The van der Waals surface area contributed by atoms with E-state index in [1.54, 1.807) is 11.0 Å². The number of amides is 1. The number of nitrogens with one attached hydrogen (secondary N) is 1. The number of likely N-dealkylation sites (tertiary alicyclic amines) is 1. The van der Waals surface area contributed by atoms with Crippen LogP contribution >= 0.6 is 11.6 Å². The van der Waals surface area contributed by atoms with Gasteiger partial charge in [-0.2, -0.15) is 0 Å². The zero-order chi connectivity index (χ0) is 14.3. The van der Waals surface area contributed by atoms with Crippen molar-refractivity contribution in [1.82, 2.24) is 9.88 Å². The van der Waals surface area contributed by atoms with E-state index in [1.807, 2.05) is 0 Å². The molecule has 2 fully saturated rings. The molecular weight excluding hydrogens is 280 g/mol. The molecule has 1 aromatic rings. The monoisotopic (exact) mass is 296 g/mol. The minimum absolute atomic E-state index is 0.0930. The van der Waals surface area contributed by atoms with Crippen LogP contribution in [0.5, 0.6) is 0 Å². The van der Waals surface area contributed by atoms with E-state index in [0.29, 0.717) is 35.4 Å². The molecule has 3 unspecified atom stereocenters. The second-order valence-electron chi connectivity index (χ2n) is 5.48. The first-order valence-electron chi connectivity index (χ1n) is 6.69. The number of pyridine rings is 1. The number of aromatic nitrogens is 1. The standard InChI is InChI=1S/C13H17ClN4O2/c14-10-3-8(4-16-12(10)17-15)13(20)18-5-7-1-2-11(19)9(7)6-18/h3-4,7,9,11,19H,1-2,5-6,15H2,(H,16,17). The minimum atomic E-state index is -0.275. The average Bonchev–Trinajstić information content (AvgIpc) is 3.00. The molecule has 7 heteroatoms. The number of hydrazine groups is 1. The van der Waals surface area contributed by atoms with Crippen LogP contribution in [0, 0.1) is 11.8 Å². The normalized spacial score (nSPS) is 28.6. The molecule has 1 aromatic heterocycles. The number of carbonyl (C=O) groups is 1. The van der Waals surface area contributed by atoms with Gasteiger partial charge in [-0.05, 0) is 24.8 Å². The number of aliphatic hydroxyl groups is 1. The Morgan fingerprint density at radius 1 is 1.50 bits per heavy atom. The maximum atomic E-state index is 12.4. The molecule has 3 rings (SSSR count). The van der Waals surface area contributed by atoms with Crippen molar-refractivity contribution in [3.8, 4) is 0 Å². The summed E-state index contributed by atoms with van der Waals surface area (Å²) in [6.07, 6.45) is 3.03. The predicted octanol–water partition coefficient (Wildman–Crippen LogP) is 0.863. The highest BCUT2D eigenvalue weighted by Crippen LogP contribution is 2.38. The number of aliphatic hydroxyl groups excluding tert-OH is 1. The lowest BCUT2D eigenvalue weighted by Crippen LogP contribution is -2.31. The number of nitrogens with two attached hydrogens (primary N) is 1. The van der Waals surface area contributed by atoms with Gasteiger partial charge >= 0.3 is 0 Å². The third-order valence-electron chi connectivity index (χ3n) is 4.33. The number of halogens is 1. The molecule has 20 heavy (non-hydrogen) atoms. The van der Waals surface area contributed by atoms with E-state index in [4.69, 9.17) is 17.4 Å². The lowest BCUT2D eigenvalue weighted by molar-refractivity contribution is 0.0752. The van der Waals surface area contributed by atoms with Crippen molar-refractivity contribution in [2.45, 2.75) is 18.9 Å². The van der Waals surface area contributed by atoms with Gasteiger partial charge < -0.3 is 15.4 Å². The van der Waals surface area contributed by atoms with Crippen LogP contribution in [0.1, 0.15) is 23.2 Å². The molecule has 3 atom stereocenters. The first-order chi connectivity index (χ1) is 9.60. The molecule has 4 N–H and O–H groups in total.